The van der Waals surface area contributed by atoms with Crippen LogP contribution in [0.2, 0.25) is 5.02 Å². The third kappa shape index (κ3) is 2.27. The lowest BCUT2D eigenvalue weighted by Crippen LogP contribution is -2.54. The van der Waals surface area contributed by atoms with E-state index in [0.717, 1.165) is 11.6 Å². The Balaban J connectivity index is 1.83. The van der Waals surface area contributed by atoms with Crippen LogP contribution in [0.3, 0.4) is 0 Å². The summed E-state index contributed by atoms with van der Waals surface area (Å²) in [4.78, 5) is 1.32. The summed E-state index contributed by atoms with van der Waals surface area (Å²) < 4.78 is 0.404. The molecule has 0 saturated carbocycles. The highest BCUT2D eigenvalue weighted by Crippen LogP contribution is 2.40. The number of hydrogen-bond acceptors (Lipinski definition) is 3. The fourth-order valence-corrected chi connectivity index (χ4v) is 3.70. The van der Waals surface area contributed by atoms with Gasteiger partial charge in [-0.2, -0.15) is 11.8 Å². The van der Waals surface area contributed by atoms with Crippen LogP contribution in [0.4, 0.5) is 0 Å². The summed E-state index contributed by atoms with van der Waals surface area (Å²) in [5.74, 6) is 1.23. The van der Waals surface area contributed by atoms with Gasteiger partial charge in [-0.1, -0.05) is 11.6 Å². The van der Waals surface area contributed by atoms with E-state index in [4.69, 9.17) is 11.6 Å². The monoisotopic (exact) mass is 247 g/mol. The molecule has 1 unspecified atom stereocenters. The van der Waals surface area contributed by atoms with Crippen LogP contribution < -0.4 is 5.32 Å². The van der Waals surface area contributed by atoms with Crippen LogP contribution in [0.15, 0.2) is 11.4 Å². The van der Waals surface area contributed by atoms with Crippen molar-refractivity contribution in [2.45, 2.75) is 31.2 Å². The lowest BCUT2D eigenvalue weighted by atomic mass is 10.0. The van der Waals surface area contributed by atoms with Gasteiger partial charge in [-0.25, -0.2) is 0 Å². The highest BCUT2D eigenvalue weighted by molar-refractivity contribution is 8.02. The topological polar surface area (TPSA) is 12.0 Å². The number of hydrogen-bond donors (Lipinski definition) is 1. The minimum absolute atomic E-state index is 0.404. The number of thioether (sulfide) groups is 1. The summed E-state index contributed by atoms with van der Waals surface area (Å²) in [6.07, 6.45) is 0. The molecule has 4 heteroatoms. The molecule has 2 rings (SSSR count). The van der Waals surface area contributed by atoms with Crippen molar-refractivity contribution in [3.63, 3.8) is 0 Å². The van der Waals surface area contributed by atoms with Gasteiger partial charge in [-0.15, -0.1) is 11.3 Å². The summed E-state index contributed by atoms with van der Waals surface area (Å²) in [7, 11) is 0. The van der Waals surface area contributed by atoms with Gasteiger partial charge in [0, 0.05) is 33.3 Å². The molecule has 78 valence electrons. The zero-order chi connectivity index (χ0) is 10.2. The third-order valence-corrected chi connectivity index (χ3v) is 5.42. The van der Waals surface area contributed by atoms with Crippen molar-refractivity contribution in [3.8, 4) is 0 Å². The Morgan fingerprint density at radius 1 is 1.64 bits per heavy atom. The molecule has 1 N–H and O–H groups in total. The fourth-order valence-electron chi connectivity index (χ4n) is 1.48. The molecule has 1 saturated heterocycles. The minimum Gasteiger partial charge on any atom is -0.307 e. The number of thiophene rings is 1. The second kappa shape index (κ2) is 4.05. The fraction of sp³-hybridized carbons (Fsp3) is 0.600. The lowest BCUT2D eigenvalue weighted by molar-refractivity contribution is 0.437. The van der Waals surface area contributed by atoms with Gasteiger partial charge in [0.2, 0.25) is 0 Å². The molecular formula is C10H14ClNS2. The van der Waals surface area contributed by atoms with E-state index in [1.807, 2.05) is 23.2 Å². The second-order valence-electron chi connectivity index (χ2n) is 4.08. The van der Waals surface area contributed by atoms with E-state index in [9.17, 15) is 0 Å². The third-order valence-electron chi connectivity index (χ3n) is 2.61. The summed E-state index contributed by atoms with van der Waals surface area (Å²) in [6.45, 7) is 5.53. The molecule has 1 nitrogen and oxygen atoms in total. The maximum atomic E-state index is 5.86. The Morgan fingerprint density at radius 2 is 2.43 bits per heavy atom. The van der Waals surface area contributed by atoms with E-state index >= 15 is 0 Å². The summed E-state index contributed by atoms with van der Waals surface area (Å²) in [5.41, 5.74) is 0. The molecule has 0 aliphatic carbocycles. The zero-order valence-electron chi connectivity index (χ0n) is 8.34. The van der Waals surface area contributed by atoms with Gasteiger partial charge in [-0.3, -0.25) is 0 Å². The van der Waals surface area contributed by atoms with Gasteiger partial charge >= 0.3 is 0 Å². The molecule has 1 aliphatic heterocycles. The average molecular weight is 248 g/mol. The van der Waals surface area contributed by atoms with Gasteiger partial charge < -0.3 is 5.32 Å². The molecule has 0 spiro atoms. The van der Waals surface area contributed by atoms with Crippen LogP contribution in [0, 0.1) is 0 Å². The molecule has 14 heavy (non-hydrogen) atoms. The van der Waals surface area contributed by atoms with Gasteiger partial charge in [0.1, 0.15) is 0 Å². The Labute approximate surface area is 98.2 Å². The Kier molecular flexibility index (Phi) is 3.12. The maximum absolute atomic E-state index is 5.86. The van der Waals surface area contributed by atoms with Gasteiger partial charge in [0.25, 0.3) is 0 Å². The van der Waals surface area contributed by atoms with E-state index in [1.54, 1.807) is 11.3 Å². The first-order valence-corrected chi connectivity index (χ1v) is 6.92. The van der Waals surface area contributed by atoms with Crippen LogP contribution in [0.5, 0.6) is 0 Å². The van der Waals surface area contributed by atoms with Crippen molar-refractivity contribution in [1.29, 1.82) is 0 Å². The minimum atomic E-state index is 0.404. The molecule has 2 heterocycles. The van der Waals surface area contributed by atoms with Crippen molar-refractivity contribution >= 4 is 34.7 Å². The van der Waals surface area contributed by atoms with E-state index in [2.05, 4.69) is 19.2 Å². The molecule has 1 aliphatic rings. The second-order valence-corrected chi connectivity index (χ2v) is 7.19. The van der Waals surface area contributed by atoms with Crippen molar-refractivity contribution in [2.75, 3.05) is 5.75 Å². The van der Waals surface area contributed by atoms with Crippen molar-refractivity contribution in [1.82, 2.24) is 5.32 Å². The van der Waals surface area contributed by atoms with Crippen molar-refractivity contribution < 1.29 is 0 Å². The Morgan fingerprint density at radius 3 is 2.86 bits per heavy atom. The summed E-state index contributed by atoms with van der Waals surface area (Å²) in [5, 5.41) is 6.41. The molecule has 0 radical (unpaired) electrons. The van der Waals surface area contributed by atoms with Crippen LogP contribution in [0.25, 0.3) is 0 Å². The normalized spacial score (nSPS) is 24.6. The van der Waals surface area contributed by atoms with Crippen LogP contribution in [-0.2, 0) is 6.54 Å². The van der Waals surface area contributed by atoms with Crippen LogP contribution in [-0.4, -0.2) is 16.5 Å². The summed E-state index contributed by atoms with van der Waals surface area (Å²) >= 11 is 9.61. The standard InChI is InChI=1S/C10H14ClNS2/c1-10(2)9(6-14-10)12-4-8-3-7(11)5-13-8/h3,5,9,12H,4,6H2,1-2H3. The van der Waals surface area contributed by atoms with Gasteiger partial charge in [0.05, 0.1) is 5.02 Å². The van der Waals surface area contributed by atoms with E-state index in [-0.39, 0.29) is 0 Å². The molecular weight excluding hydrogens is 234 g/mol. The van der Waals surface area contributed by atoms with Crippen LogP contribution in [0.1, 0.15) is 18.7 Å². The zero-order valence-corrected chi connectivity index (χ0v) is 10.7. The van der Waals surface area contributed by atoms with Crippen LogP contribution >= 0.6 is 34.7 Å². The van der Waals surface area contributed by atoms with Gasteiger partial charge in [-0.05, 0) is 19.9 Å². The largest absolute Gasteiger partial charge is 0.307 e. The molecule has 0 aromatic carbocycles. The smallest absolute Gasteiger partial charge is 0.0516 e. The number of rotatable bonds is 3. The van der Waals surface area contributed by atoms with Crippen molar-refractivity contribution in [3.05, 3.63) is 21.3 Å². The molecule has 1 fully saturated rings. The van der Waals surface area contributed by atoms with Crippen molar-refractivity contribution in [2.24, 2.45) is 0 Å². The highest BCUT2D eigenvalue weighted by atomic mass is 35.5. The molecule has 0 bridgehead atoms. The van der Waals surface area contributed by atoms with E-state index in [1.165, 1.54) is 10.6 Å². The molecule has 1 aromatic rings. The Bertz CT molecular complexity index is 322. The van der Waals surface area contributed by atoms with E-state index < -0.39 is 0 Å². The lowest BCUT2D eigenvalue weighted by Gasteiger charge is -2.44. The number of nitrogens with one attached hydrogen (secondary N) is 1. The molecule has 1 aromatic heterocycles. The highest BCUT2D eigenvalue weighted by Gasteiger charge is 2.38. The maximum Gasteiger partial charge on any atom is 0.0516 e. The summed E-state index contributed by atoms with van der Waals surface area (Å²) in [6, 6.07) is 2.69. The first-order chi connectivity index (χ1) is 6.58. The predicted molar refractivity (Wildman–Crippen MR) is 66.5 cm³/mol. The predicted octanol–water partition coefficient (Wildman–Crippen LogP) is 3.39. The van der Waals surface area contributed by atoms with Gasteiger partial charge in [0.15, 0.2) is 0 Å². The number of halogens is 1. The Hall–Kier alpha value is 0.300. The quantitative estimate of drug-likeness (QED) is 0.879. The average Bonchev–Trinajstić information content (AvgIpc) is 2.50. The first kappa shape index (κ1) is 10.8. The molecule has 0 amide bonds. The SMILES string of the molecule is CC1(C)SCC1NCc1cc(Cl)cs1. The first-order valence-electron chi connectivity index (χ1n) is 4.68. The van der Waals surface area contributed by atoms with E-state index in [0.29, 0.717) is 10.8 Å². The molecule has 1 atom stereocenters.